The molecule has 0 saturated heterocycles. The van der Waals surface area contributed by atoms with Crippen LogP contribution in [0, 0.1) is 0 Å². The van der Waals surface area contributed by atoms with E-state index in [1.165, 1.54) is 10.6 Å². The van der Waals surface area contributed by atoms with Crippen molar-refractivity contribution in [1.29, 1.82) is 0 Å². The maximum Gasteiger partial charge on any atom is 0.225 e. The molecule has 1 aromatic heterocycles. The van der Waals surface area contributed by atoms with Gasteiger partial charge in [0.2, 0.25) is 15.9 Å². The number of furan rings is 1. The summed E-state index contributed by atoms with van der Waals surface area (Å²) < 4.78 is 30.4. The monoisotopic (exact) mass is 378 g/mol. The molecule has 0 saturated carbocycles. The van der Waals surface area contributed by atoms with Crippen molar-refractivity contribution >= 4 is 21.6 Å². The Kier molecular flexibility index (Phi) is 6.26. The highest BCUT2D eigenvalue weighted by Crippen LogP contribution is 2.29. The predicted molar refractivity (Wildman–Crippen MR) is 102 cm³/mol. The van der Waals surface area contributed by atoms with Crippen LogP contribution in [-0.2, 0) is 26.8 Å². The third-order valence-electron chi connectivity index (χ3n) is 3.98. The molecule has 142 valence electrons. The first kappa shape index (κ1) is 20.2. The molecule has 0 unspecified atom stereocenters. The van der Waals surface area contributed by atoms with E-state index >= 15 is 0 Å². The molecular weight excluding hydrogens is 352 g/mol. The van der Waals surface area contributed by atoms with Crippen LogP contribution in [0.1, 0.15) is 38.5 Å². The number of para-hydroxylation sites is 1. The van der Waals surface area contributed by atoms with Gasteiger partial charge >= 0.3 is 0 Å². The predicted octanol–water partition coefficient (Wildman–Crippen LogP) is 3.37. The van der Waals surface area contributed by atoms with Crippen LogP contribution < -0.4 is 5.32 Å². The number of hydrogen-bond acceptors (Lipinski definition) is 4. The highest BCUT2D eigenvalue weighted by atomic mass is 32.2. The average molecular weight is 378 g/mol. The molecule has 0 atom stereocenters. The van der Waals surface area contributed by atoms with Gasteiger partial charge < -0.3 is 9.73 Å². The first-order valence-electron chi connectivity index (χ1n) is 8.44. The van der Waals surface area contributed by atoms with E-state index in [0.29, 0.717) is 5.76 Å². The lowest BCUT2D eigenvalue weighted by atomic mass is 9.86. The van der Waals surface area contributed by atoms with Gasteiger partial charge in [0.25, 0.3) is 0 Å². The summed E-state index contributed by atoms with van der Waals surface area (Å²) in [6, 6.07) is 11.0. The van der Waals surface area contributed by atoms with Crippen molar-refractivity contribution < 1.29 is 17.6 Å². The summed E-state index contributed by atoms with van der Waals surface area (Å²) in [5.74, 6) is 0.309. The fraction of sp³-hybridized carbons (Fsp3) is 0.421. The van der Waals surface area contributed by atoms with E-state index in [0.717, 1.165) is 17.5 Å². The van der Waals surface area contributed by atoms with Crippen LogP contribution >= 0.6 is 0 Å². The number of rotatable bonds is 7. The van der Waals surface area contributed by atoms with Crippen LogP contribution in [0.25, 0.3) is 0 Å². The van der Waals surface area contributed by atoms with Gasteiger partial charge in [0.05, 0.1) is 19.1 Å². The van der Waals surface area contributed by atoms with E-state index in [-0.39, 0.29) is 30.8 Å². The molecule has 0 aliphatic carbocycles. The Morgan fingerprint density at radius 3 is 2.42 bits per heavy atom. The van der Waals surface area contributed by atoms with Gasteiger partial charge in [0, 0.05) is 18.7 Å². The highest BCUT2D eigenvalue weighted by molar-refractivity contribution is 7.88. The molecule has 1 N–H and O–H groups in total. The van der Waals surface area contributed by atoms with Gasteiger partial charge in [-0.15, -0.1) is 0 Å². The number of benzene rings is 1. The molecule has 1 heterocycles. The molecule has 0 radical (unpaired) electrons. The molecule has 1 aromatic carbocycles. The number of hydrogen-bond donors (Lipinski definition) is 1. The molecule has 0 fully saturated rings. The fourth-order valence-corrected chi connectivity index (χ4v) is 3.41. The maximum atomic E-state index is 12.4. The molecular formula is C19H26N2O4S. The first-order chi connectivity index (χ1) is 12.1. The van der Waals surface area contributed by atoms with Crippen molar-refractivity contribution in [3.8, 4) is 0 Å². The quantitative estimate of drug-likeness (QED) is 0.801. The van der Waals surface area contributed by atoms with Crippen LogP contribution in [0.4, 0.5) is 5.69 Å². The number of carbonyl (C=O) groups excluding carboxylic acids is 1. The molecule has 0 bridgehead atoms. The van der Waals surface area contributed by atoms with Gasteiger partial charge in [-0.05, 0) is 29.2 Å². The van der Waals surface area contributed by atoms with Crippen molar-refractivity contribution in [1.82, 2.24) is 4.31 Å². The normalized spacial score (nSPS) is 12.3. The molecule has 0 spiro atoms. The van der Waals surface area contributed by atoms with Gasteiger partial charge in [-0.2, -0.15) is 4.31 Å². The summed E-state index contributed by atoms with van der Waals surface area (Å²) in [5, 5.41) is 2.90. The van der Waals surface area contributed by atoms with E-state index in [4.69, 9.17) is 4.42 Å². The van der Waals surface area contributed by atoms with Gasteiger partial charge in [-0.1, -0.05) is 39.0 Å². The SMILES string of the molecule is CC(C)(C)c1ccccc1NC(=O)CCN(Cc1ccco1)S(C)(=O)=O. The Balaban J connectivity index is 2.03. The summed E-state index contributed by atoms with van der Waals surface area (Å²) in [5.41, 5.74) is 1.67. The van der Waals surface area contributed by atoms with E-state index in [1.54, 1.807) is 12.1 Å². The molecule has 0 aliphatic heterocycles. The van der Waals surface area contributed by atoms with Crippen molar-refractivity contribution in [3.05, 3.63) is 54.0 Å². The van der Waals surface area contributed by atoms with Crippen LogP contribution in [0.5, 0.6) is 0 Å². The van der Waals surface area contributed by atoms with Gasteiger partial charge in [-0.3, -0.25) is 4.79 Å². The topological polar surface area (TPSA) is 79.6 Å². The summed E-state index contributed by atoms with van der Waals surface area (Å²) in [6.07, 6.45) is 2.68. The van der Waals surface area contributed by atoms with E-state index in [9.17, 15) is 13.2 Å². The Morgan fingerprint density at radius 1 is 1.15 bits per heavy atom. The van der Waals surface area contributed by atoms with Crippen LogP contribution in [0.3, 0.4) is 0 Å². The molecule has 26 heavy (non-hydrogen) atoms. The second-order valence-electron chi connectivity index (χ2n) is 7.27. The van der Waals surface area contributed by atoms with Gasteiger partial charge in [0.15, 0.2) is 0 Å². The first-order valence-corrected chi connectivity index (χ1v) is 10.3. The molecule has 2 rings (SSSR count). The van der Waals surface area contributed by atoms with Crippen LogP contribution in [0.15, 0.2) is 47.1 Å². The molecule has 0 aliphatic rings. The van der Waals surface area contributed by atoms with E-state index < -0.39 is 10.0 Å². The Bertz CT molecular complexity index is 837. The fourth-order valence-electron chi connectivity index (χ4n) is 2.62. The number of nitrogens with one attached hydrogen (secondary N) is 1. The minimum absolute atomic E-state index is 0.0618. The summed E-state index contributed by atoms with van der Waals surface area (Å²) in [6.45, 7) is 6.42. The number of amides is 1. The van der Waals surface area contributed by atoms with Crippen molar-refractivity contribution in [2.45, 2.75) is 39.2 Å². The van der Waals surface area contributed by atoms with Gasteiger partial charge in [0.1, 0.15) is 5.76 Å². The smallest absolute Gasteiger partial charge is 0.225 e. The lowest BCUT2D eigenvalue weighted by Gasteiger charge is -2.23. The zero-order chi connectivity index (χ0) is 19.4. The Labute approximate surface area is 155 Å². The van der Waals surface area contributed by atoms with Crippen LogP contribution in [-0.4, -0.2) is 31.4 Å². The number of sulfonamides is 1. The average Bonchev–Trinajstić information content (AvgIpc) is 3.03. The maximum absolute atomic E-state index is 12.4. The standard InChI is InChI=1S/C19H26N2O4S/c1-19(2,3)16-9-5-6-10-17(16)20-18(22)11-12-21(26(4,23)24)14-15-8-7-13-25-15/h5-10,13H,11-12,14H2,1-4H3,(H,20,22). The van der Waals surface area contributed by atoms with Crippen molar-refractivity contribution in [3.63, 3.8) is 0 Å². The molecule has 6 nitrogen and oxygen atoms in total. The molecule has 1 amide bonds. The summed E-state index contributed by atoms with van der Waals surface area (Å²) >= 11 is 0. The Morgan fingerprint density at radius 2 is 1.85 bits per heavy atom. The Hall–Kier alpha value is -2.12. The van der Waals surface area contributed by atoms with Gasteiger partial charge in [-0.25, -0.2) is 8.42 Å². The second kappa shape index (κ2) is 8.05. The summed E-state index contributed by atoms with van der Waals surface area (Å²) in [4.78, 5) is 12.4. The zero-order valence-corrected chi connectivity index (χ0v) is 16.5. The third-order valence-corrected chi connectivity index (χ3v) is 5.23. The second-order valence-corrected chi connectivity index (χ2v) is 9.25. The highest BCUT2D eigenvalue weighted by Gasteiger charge is 2.21. The van der Waals surface area contributed by atoms with Crippen molar-refractivity contribution in [2.24, 2.45) is 0 Å². The number of nitrogens with zero attached hydrogens (tertiary/aromatic N) is 1. The summed E-state index contributed by atoms with van der Waals surface area (Å²) in [7, 11) is -3.45. The minimum atomic E-state index is -3.45. The number of anilines is 1. The van der Waals surface area contributed by atoms with E-state index in [2.05, 4.69) is 26.1 Å². The minimum Gasteiger partial charge on any atom is -0.468 e. The molecule has 7 heteroatoms. The lowest BCUT2D eigenvalue weighted by Crippen LogP contribution is -2.32. The zero-order valence-electron chi connectivity index (χ0n) is 15.7. The molecule has 2 aromatic rings. The third kappa shape index (κ3) is 5.71. The lowest BCUT2D eigenvalue weighted by molar-refractivity contribution is -0.116. The van der Waals surface area contributed by atoms with Crippen molar-refractivity contribution in [2.75, 3.05) is 18.1 Å². The van der Waals surface area contributed by atoms with Crippen LogP contribution in [0.2, 0.25) is 0 Å². The number of carbonyl (C=O) groups is 1. The largest absolute Gasteiger partial charge is 0.468 e. The van der Waals surface area contributed by atoms with E-state index in [1.807, 2.05) is 24.3 Å².